The molecule has 1 unspecified atom stereocenters. The van der Waals surface area contributed by atoms with Gasteiger partial charge >= 0.3 is 0 Å². The Labute approximate surface area is 84.5 Å². The van der Waals surface area contributed by atoms with E-state index in [-0.39, 0.29) is 12.8 Å². The molecular weight excluding hydrogens is 186 g/mol. The third-order valence-corrected chi connectivity index (χ3v) is 3.12. The van der Waals surface area contributed by atoms with Gasteiger partial charge in [-0.05, 0) is 24.7 Å². The van der Waals surface area contributed by atoms with Crippen LogP contribution in [0.5, 0.6) is 0 Å². The third-order valence-electron chi connectivity index (χ3n) is 3.12. The molecule has 0 heterocycles. The highest BCUT2D eigenvalue weighted by Crippen LogP contribution is 2.41. The molecule has 0 amide bonds. The van der Waals surface area contributed by atoms with Crippen LogP contribution in [0.2, 0.25) is 0 Å². The van der Waals surface area contributed by atoms with E-state index in [9.17, 15) is 8.78 Å². The van der Waals surface area contributed by atoms with Gasteiger partial charge in [-0.25, -0.2) is 8.78 Å². The predicted molar refractivity (Wildman–Crippen MR) is 52.4 cm³/mol. The van der Waals surface area contributed by atoms with E-state index in [1.807, 2.05) is 0 Å². The number of rotatable bonds is 7. The van der Waals surface area contributed by atoms with Gasteiger partial charge in [0, 0.05) is 19.4 Å². The molecule has 14 heavy (non-hydrogen) atoms. The molecule has 1 rings (SSSR count). The quantitative estimate of drug-likeness (QED) is 0.634. The lowest BCUT2D eigenvalue weighted by molar-refractivity contribution is -0.0309. The molecule has 2 atom stereocenters. The average Bonchev–Trinajstić information content (AvgIpc) is 2.76. The summed E-state index contributed by atoms with van der Waals surface area (Å²) in [6.07, 6.45) is 3.46. The van der Waals surface area contributed by atoms with Crippen LogP contribution < -0.4 is 0 Å². The predicted octanol–water partition coefficient (Wildman–Crippen LogP) is 3.22. The lowest BCUT2D eigenvalue weighted by Crippen LogP contribution is -2.17. The number of aliphatic hydroxyl groups is 1. The summed E-state index contributed by atoms with van der Waals surface area (Å²) < 4.78 is 25.8. The van der Waals surface area contributed by atoms with Gasteiger partial charge in [0.05, 0.1) is 0 Å². The summed E-state index contributed by atoms with van der Waals surface area (Å²) in [6.45, 7) is 1.80. The Morgan fingerprint density at radius 3 is 2.43 bits per heavy atom. The Balaban J connectivity index is 1.97. The molecule has 1 N–H and O–H groups in total. The SMILES string of the molecule is CC1C[C@H]1CCCCC(F)(F)CCO. The van der Waals surface area contributed by atoms with Crippen LogP contribution in [-0.4, -0.2) is 17.6 Å². The van der Waals surface area contributed by atoms with Gasteiger partial charge in [0.1, 0.15) is 0 Å². The first-order valence-corrected chi connectivity index (χ1v) is 5.54. The van der Waals surface area contributed by atoms with Crippen molar-refractivity contribution >= 4 is 0 Å². The Bertz CT molecular complexity index is 171. The average molecular weight is 206 g/mol. The maximum atomic E-state index is 12.9. The van der Waals surface area contributed by atoms with Gasteiger partial charge in [0.15, 0.2) is 0 Å². The fraction of sp³-hybridized carbons (Fsp3) is 1.00. The van der Waals surface area contributed by atoms with Crippen LogP contribution in [-0.2, 0) is 0 Å². The van der Waals surface area contributed by atoms with Crippen molar-refractivity contribution in [2.45, 2.75) is 51.4 Å². The molecule has 0 aliphatic heterocycles. The molecule has 0 bridgehead atoms. The third kappa shape index (κ3) is 4.36. The molecule has 0 aromatic heterocycles. The van der Waals surface area contributed by atoms with Gasteiger partial charge in [-0.3, -0.25) is 0 Å². The molecule has 0 aromatic rings. The molecule has 1 saturated carbocycles. The Morgan fingerprint density at radius 2 is 1.93 bits per heavy atom. The van der Waals surface area contributed by atoms with Crippen molar-refractivity contribution < 1.29 is 13.9 Å². The summed E-state index contributed by atoms with van der Waals surface area (Å²) in [5.41, 5.74) is 0. The van der Waals surface area contributed by atoms with Gasteiger partial charge in [-0.15, -0.1) is 0 Å². The van der Waals surface area contributed by atoms with Gasteiger partial charge in [0.2, 0.25) is 5.92 Å². The number of alkyl halides is 2. The Kier molecular flexibility index (Phi) is 4.30. The van der Waals surface area contributed by atoms with Crippen molar-refractivity contribution in [2.75, 3.05) is 6.61 Å². The van der Waals surface area contributed by atoms with Gasteiger partial charge in [0.25, 0.3) is 0 Å². The fourth-order valence-electron chi connectivity index (χ4n) is 1.88. The minimum absolute atomic E-state index is 0.0609. The van der Waals surface area contributed by atoms with Crippen molar-refractivity contribution in [3.05, 3.63) is 0 Å². The van der Waals surface area contributed by atoms with Crippen LogP contribution in [0.15, 0.2) is 0 Å². The van der Waals surface area contributed by atoms with E-state index in [1.165, 1.54) is 6.42 Å². The lowest BCUT2D eigenvalue weighted by atomic mass is 10.1. The first-order chi connectivity index (χ1) is 6.55. The zero-order chi connectivity index (χ0) is 10.6. The number of aliphatic hydroxyl groups excluding tert-OH is 1. The van der Waals surface area contributed by atoms with Gasteiger partial charge in [-0.2, -0.15) is 0 Å². The molecule has 1 fully saturated rings. The first-order valence-electron chi connectivity index (χ1n) is 5.54. The summed E-state index contributed by atoms with van der Waals surface area (Å²) in [4.78, 5) is 0. The minimum Gasteiger partial charge on any atom is -0.396 e. The number of unbranched alkanes of at least 4 members (excludes halogenated alkanes) is 1. The largest absolute Gasteiger partial charge is 0.396 e. The highest BCUT2D eigenvalue weighted by molar-refractivity contribution is 4.82. The van der Waals surface area contributed by atoms with Crippen molar-refractivity contribution in [3.63, 3.8) is 0 Å². The van der Waals surface area contributed by atoms with E-state index in [1.54, 1.807) is 0 Å². The molecule has 0 saturated heterocycles. The maximum Gasteiger partial charge on any atom is 0.250 e. The van der Waals surface area contributed by atoms with Crippen molar-refractivity contribution in [1.82, 2.24) is 0 Å². The molecule has 84 valence electrons. The summed E-state index contributed by atoms with van der Waals surface area (Å²) in [5.74, 6) is -1.02. The summed E-state index contributed by atoms with van der Waals surface area (Å²) in [7, 11) is 0. The fourth-order valence-corrected chi connectivity index (χ4v) is 1.88. The molecule has 1 aliphatic carbocycles. The summed E-state index contributed by atoms with van der Waals surface area (Å²) in [5, 5.41) is 8.41. The Morgan fingerprint density at radius 1 is 1.29 bits per heavy atom. The summed E-state index contributed by atoms with van der Waals surface area (Å²) in [6, 6.07) is 0. The van der Waals surface area contributed by atoms with Crippen LogP contribution >= 0.6 is 0 Å². The van der Waals surface area contributed by atoms with Crippen molar-refractivity contribution in [3.8, 4) is 0 Å². The lowest BCUT2D eigenvalue weighted by Gasteiger charge is -2.14. The second kappa shape index (κ2) is 5.06. The molecule has 0 aromatic carbocycles. The smallest absolute Gasteiger partial charge is 0.250 e. The standard InChI is InChI=1S/C11H20F2O/c1-9-8-10(9)4-2-3-5-11(12,13)6-7-14/h9-10,14H,2-8H2,1H3/t9?,10-/m1/s1. The zero-order valence-corrected chi connectivity index (χ0v) is 8.81. The molecule has 3 heteroatoms. The maximum absolute atomic E-state index is 12.9. The monoisotopic (exact) mass is 206 g/mol. The normalized spacial score (nSPS) is 26.6. The van der Waals surface area contributed by atoms with Crippen LogP contribution in [0, 0.1) is 11.8 Å². The molecule has 0 spiro atoms. The minimum atomic E-state index is -2.65. The van der Waals surface area contributed by atoms with Crippen LogP contribution in [0.4, 0.5) is 8.78 Å². The molecule has 1 aliphatic rings. The van der Waals surface area contributed by atoms with E-state index in [2.05, 4.69) is 6.92 Å². The second-order valence-electron chi connectivity index (χ2n) is 4.55. The number of halogens is 2. The van der Waals surface area contributed by atoms with E-state index in [4.69, 9.17) is 5.11 Å². The Hall–Kier alpha value is -0.180. The number of hydrogen-bond donors (Lipinski definition) is 1. The highest BCUT2D eigenvalue weighted by atomic mass is 19.3. The first kappa shape index (κ1) is 11.9. The van der Waals surface area contributed by atoms with E-state index >= 15 is 0 Å². The van der Waals surface area contributed by atoms with Crippen LogP contribution in [0.3, 0.4) is 0 Å². The van der Waals surface area contributed by atoms with Gasteiger partial charge < -0.3 is 5.11 Å². The van der Waals surface area contributed by atoms with Crippen molar-refractivity contribution in [1.29, 1.82) is 0 Å². The molecule has 1 nitrogen and oxygen atoms in total. The van der Waals surface area contributed by atoms with Crippen LogP contribution in [0.1, 0.15) is 45.4 Å². The molecular formula is C11H20F2O. The van der Waals surface area contributed by atoms with Gasteiger partial charge in [-0.1, -0.05) is 19.8 Å². The van der Waals surface area contributed by atoms with E-state index in [0.29, 0.717) is 6.42 Å². The number of hydrogen-bond acceptors (Lipinski definition) is 1. The highest BCUT2D eigenvalue weighted by Gasteiger charge is 2.32. The van der Waals surface area contributed by atoms with E-state index < -0.39 is 12.5 Å². The van der Waals surface area contributed by atoms with E-state index in [0.717, 1.165) is 24.7 Å². The van der Waals surface area contributed by atoms with Crippen LogP contribution in [0.25, 0.3) is 0 Å². The topological polar surface area (TPSA) is 20.2 Å². The zero-order valence-electron chi connectivity index (χ0n) is 8.81. The van der Waals surface area contributed by atoms with Crippen molar-refractivity contribution in [2.24, 2.45) is 11.8 Å². The second-order valence-corrected chi connectivity index (χ2v) is 4.55. The summed E-state index contributed by atoms with van der Waals surface area (Å²) >= 11 is 0. The molecule has 0 radical (unpaired) electrons.